The van der Waals surface area contributed by atoms with E-state index in [1.807, 2.05) is 0 Å². The summed E-state index contributed by atoms with van der Waals surface area (Å²) >= 11 is 0. The van der Waals surface area contributed by atoms with E-state index in [1.54, 1.807) is 18.2 Å². The third kappa shape index (κ3) is 2.30. The second-order valence-electron chi connectivity index (χ2n) is 4.01. The Bertz CT molecular complexity index is 480. The number of benzene rings is 1. The van der Waals surface area contributed by atoms with Crippen molar-refractivity contribution in [3.63, 3.8) is 0 Å². The lowest BCUT2D eigenvalue weighted by Crippen LogP contribution is -2.15. The zero-order valence-corrected chi connectivity index (χ0v) is 10.3. The van der Waals surface area contributed by atoms with E-state index in [0.29, 0.717) is 17.1 Å². The van der Waals surface area contributed by atoms with Crippen LogP contribution in [0.5, 0.6) is 11.5 Å². The lowest BCUT2D eigenvalue weighted by molar-refractivity contribution is -0.137. The molecule has 5 nitrogen and oxygen atoms in total. The summed E-state index contributed by atoms with van der Waals surface area (Å²) in [6, 6.07) is 5.00. The van der Waals surface area contributed by atoms with Crippen LogP contribution >= 0.6 is 0 Å². The van der Waals surface area contributed by atoms with Crippen LogP contribution in [0.2, 0.25) is 0 Å². The van der Waals surface area contributed by atoms with Crippen LogP contribution < -0.4 is 9.47 Å². The monoisotopic (exact) mass is 250 g/mol. The summed E-state index contributed by atoms with van der Waals surface area (Å²) in [7, 11) is 3.02. The van der Waals surface area contributed by atoms with Gasteiger partial charge in [-0.25, -0.2) is 0 Å². The third-order valence-corrected chi connectivity index (χ3v) is 2.90. The van der Waals surface area contributed by atoms with Gasteiger partial charge in [-0.15, -0.1) is 0 Å². The van der Waals surface area contributed by atoms with Crippen molar-refractivity contribution < 1.29 is 23.8 Å². The highest BCUT2D eigenvalue weighted by molar-refractivity contribution is 6.02. The molecule has 1 aromatic rings. The molecule has 1 atom stereocenters. The molecule has 1 saturated heterocycles. The molecule has 2 rings (SSSR count). The highest BCUT2D eigenvalue weighted by Gasteiger charge is 2.32. The fraction of sp³-hybridized carbons (Fsp3) is 0.385. The number of Topliss-reactive ketones (excluding diaryl/α,β-unsaturated/α-hetero) is 1. The number of cyclic esters (lactones) is 1. The Morgan fingerprint density at radius 2 is 2.11 bits per heavy atom. The van der Waals surface area contributed by atoms with Crippen LogP contribution in [0.15, 0.2) is 18.2 Å². The van der Waals surface area contributed by atoms with E-state index >= 15 is 0 Å². The molecule has 0 amide bonds. The topological polar surface area (TPSA) is 61.8 Å². The van der Waals surface area contributed by atoms with Crippen molar-refractivity contribution in [3.05, 3.63) is 23.8 Å². The molecular formula is C13H14O5. The first kappa shape index (κ1) is 12.4. The zero-order chi connectivity index (χ0) is 13.1. The Hall–Kier alpha value is -2.04. The molecular weight excluding hydrogens is 236 g/mol. The third-order valence-electron chi connectivity index (χ3n) is 2.90. The molecule has 1 fully saturated rings. The number of ether oxygens (including phenoxy) is 3. The summed E-state index contributed by atoms with van der Waals surface area (Å²) in [6.45, 7) is 0.137. The van der Waals surface area contributed by atoms with Gasteiger partial charge in [-0.05, 0) is 18.2 Å². The summed E-state index contributed by atoms with van der Waals surface area (Å²) < 4.78 is 15.0. The van der Waals surface area contributed by atoms with Crippen LogP contribution in [0.4, 0.5) is 0 Å². The Balaban J connectivity index is 2.30. The number of methoxy groups -OCH3 is 2. The van der Waals surface area contributed by atoms with E-state index in [9.17, 15) is 9.59 Å². The fourth-order valence-electron chi connectivity index (χ4n) is 1.91. The molecule has 0 radical (unpaired) electrons. The number of rotatable bonds is 4. The van der Waals surface area contributed by atoms with Gasteiger partial charge in [0.25, 0.3) is 0 Å². The first-order valence-electron chi connectivity index (χ1n) is 5.57. The quantitative estimate of drug-likeness (QED) is 0.598. The Labute approximate surface area is 105 Å². The van der Waals surface area contributed by atoms with Crippen LogP contribution in [0, 0.1) is 5.92 Å². The van der Waals surface area contributed by atoms with Crippen molar-refractivity contribution in [2.45, 2.75) is 6.42 Å². The minimum Gasteiger partial charge on any atom is -0.497 e. The molecule has 96 valence electrons. The van der Waals surface area contributed by atoms with Gasteiger partial charge in [-0.3, -0.25) is 9.59 Å². The van der Waals surface area contributed by atoms with Crippen molar-refractivity contribution in [2.75, 3.05) is 20.8 Å². The maximum atomic E-state index is 12.3. The number of carbonyl (C=O) groups excluding carboxylic acids is 2. The van der Waals surface area contributed by atoms with Crippen LogP contribution in [0.1, 0.15) is 16.8 Å². The molecule has 1 aliphatic rings. The van der Waals surface area contributed by atoms with Gasteiger partial charge in [0, 0.05) is 0 Å². The van der Waals surface area contributed by atoms with Crippen molar-refractivity contribution in [2.24, 2.45) is 5.92 Å². The Kier molecular flexibility index (Phi) is 3.50. The lowest BCUT2D eigenvalue weighted by Gasteiger charge is -2.11. The van der Waals surface area contributed by atoms with E-state index in [2.05, 4.69) is 0 Å². The van der Waals surface area contributed by atoms with E-state index in [-0.39, 0.29) is 24.8 Å². The number of hydrogen-bond acceptors (Lipinski definition) is 5. The highest BCUT2D eigenvalue weighted by atomic mass is 16.5. The molecule has 0 spiro atoms. The average Bonchev–Trinajstić information content (AvgIpc) is 2.83. The van der Waals surface area contributed by atoms with Gasteiger partial charge in [0.1, 0.15) is 18.1 Å². The smallest absolute Gasteiger partial charge is 0.306 e. The molecule has 1 heterocycles. The maximum absolute atomic E-state index is 12.3. The predicted molar refractivity (Wildman–Crippen MR) is 62.9 cm³/mol. The van der Waals surface area contributed by atoms with Crippen molar-refractivity contribution in [1.29, 1.82) is 0 Å². The summed E-state index contributed by atoms with van der Waals surface area (Å²) in [6.07, 6.45) is 0.124. The highest BCUT2D eigenvalue weighted by Crippen LogP contribution is 2.29. The molecule has 18 heavy (non-hydrogen) atoms. The first-order chi connectivity index (χ1) is 8.65. The predicted octanol–water partition coefficient (Wildman–Crippen LogP) is 1.45. The Morgan fingerprint density at radius 3 is 2.67 bits per heavy atom. The van der Waals surface area contributed by atoms with Crippen LogP contribution in [-0.4, -0.2) is 32.6 Å². The van der Waals surface area contributed by atoms with Crippen molar-refractivity contribution in [3.8, 4) is 11.5 Å². The van der Waals surface area contributed by atoms with Gasteiger partial charge in [-0.2, -0.15) is 0 Å². The first-order valence-corrected chi connectivity index (χ1v) is 5.57. The summed E-state index contributed by atoms with van der Waals surface area (Å²) in [5.41, 5.74) is 0.417. The normalized spacial score (nSPS) is 18.3. The molecule has 0 saturated carbocycles. The van der Waals surface area contributed by atoms with Crippen LogP contribution in [0.25, 0.3) is 0 Å². The van der Waals surface area contributed by atoms with Gasteiger partial charge in [-0.1, -0.05) is 0 Å². The lowest BCUT2D eigenvalue weighted by atomic mass is 9.96. The largest absolute Gasteiger partial charge is 0.497 e. The standard InChI is InChI=1S/C13H14O5/c1-16-9-3-4-11(17-2)10(6-9)13(15)8-5-12(14)18-7-8/h3-4,6,8H,5,7H2,1-2H3/t8-/m1/s1. The number of ketones is 1. The SMILES string of the molecule is COc1ccc(OC)c(C(=O)[C@H]2COC(=O)C2)c1. The Morgan fingerprint density at radius 1 is 1.33 bits per heavy atom. The molecule has 1 aromatic carbocycles. The van der Waals surface area contributed by atoms with E-state index in [0.717, 1.165) is 0 Å². The number of carbonyl (C=O) groups is 2. The summed E-state index contributed by atoms with van der Waals surface area (Å²) in [4.78, 5) is 23.3. The van der Waals surface area contributed by atoms with E-state index < -0.39 is 5.92 Å². The van der Waals surface area contributed by atoms with Gasteiger partial charge < -0.3 is 14.2 Å². The van der Waals surface area contributed by atoms with Gasteiger partial charge in [0.15, 0.2) is 5.78 Å². The van der Waals surface area contributed by atoms with Crippen molar-refractivity contribution in [1.82, 2.24) is 0 Å². The van der Waals surface area contributed by atoms with Gasteiger partial charge >= 0.3 is 5.97 Å². The minimum absolute atomic E-state index is 0.124. The summed E-state index contributed by atoms with van der Waals surface area (Å²) in [5, 5.41) is 0. The maximum Gasteiger partial charge on any atom is 0.306 e. The van der Waals surface area contributed by atoms with Crippen LogP contribution in [0.3, 0.4) is 0 Å². The van der Waals surface area contributed by atoms with E-state index in [1.165, 1.54) is 14.2 Å². The second kappa shape index (κ2) is 5.08. The molecule has 1 aliphatic heterocycles. The second-order valence-corrected chi connectivity index (χ2v) is 4.01. The minimum atomic E-state index is -0.432. The van der Waals surface area contributed by atoms with E-state index in [4.69, 9.17) is 14.2 Å². The molecule has 0 unspecified atom stereocenters. The fourth-order valence-corrected chi connectivity index (χ4v) is 1.91. The molecule has 0 aromatic heterocycles. The average molecular weight is 250 g/mol. The van der Waals surface area contributed by atoms with Crippen molar-refractivity contribution >= 4 is 11.8 Å². The number of esters is 1. The van der Waals surface area contributed by atoms with Crippen LogP contribution in [-0.2, 0) is 9.53 Å². The number of hydrogen-bond donors (Lipinski definition) is 0. The summed E-state index contributed by atoms with van der Waals surface area (Å²) in [5.74, 6) is 0.120. The molecule has 0 N–H and O–H groups in total. The van der Waals surface area contributed by atoms with Gasteiger partial charge in [0.2, 0.25) is 0 Å². The van der Waals surface area contributed by atoms with Gasteiger partial charge in [0.05, 0.1) is 32.1 Å². The molecule has 0 bridgehead atoms. The molecule has 5 heteroatoms. The zero-order valence-electron chi connectivity index (χ0n) is 10.3. The molecule has 0 aliphatic carbocycles.